The summed E-state index contributed by atoms with van der Waals surface area (Å²) in [6.45, 7) is 5.33. The van der Waals surface area contributed by atoms with Crippen molar-refractivity contribution in [1.82, 2.24) is 4.90 Å². The highest BCUT2D eigenvalue weighted by molar-refractivity contribution is 6.05. The monoisotopic (exact) mass is 572 g/mol. The lowest BCUT2D eigenvalue weighted by Crippen LogP contribution is -2.39. The Hall–Kier alpha value is -3.75. The Kier molecular flexibility index (Phi) is 9.78. The average molecular weight is 573 g/mol. The number of carbonyl (C=O) groups is 1. The fourth-order valence-corrected chi connectivity index (χ4v) is 5.09. The fraction of sp³-hybridized carbons (Fsp3) is 0.375. The zero-order valence-corrected chi connectivity index (χ0v) is 23.1. The van der Waals surface area contributed by atoms with Gasteiger partial charge in [-0.1, -0.05) is 69.2 Å². The van der Waals surface area contributed by atoms with Crippen molar-refractivity contribution in [3.63, 3.8) is 0 Å². The molecule has 1 heterocycles. The van der Waals surface area contributed by atoms with E-state index in [1.54, 1.807) is 24.3 Å². The van der Waals surface area contributed by atoms with Gasteiger partial charge >= 0.3 is 6.36 Å². The van der Waals surface area contributed by atoms with E-state index in [4.69, 9.17) is 4.99 Å². The quantitative estimate of drug-likeness (QED) is 0.216. The van der Waals surface area contributed by atoms with Crippen molar-refractivity contribution < 1.29 is 31.5 Å². The van der Waals surface area contributed by atoms with Crippen molar-refractivity contribution >= 4 is 11.6 Å². The maximum Gasteiger partial charge on any atom is 0.573 e. The van der Waals surface area contributed by atoms with E-state index in [1.165, 1.54) is 42.5 Å². The maximum absolute atomic E-state index is 14.7. The molecule has 0 fully saturated rings. The van der Waals surface area contributed by atoms with Gasteiger partial charge < -0.3 is 9.64 Å². The summed E-state index contributed by atoms with van der Waals surface area (Å²) in [6, 6.07) is 15.7. The molecule has 0 bridgehead atoms. The first-order chi connectivity index (χ1) is 19.6. The van der Waals surface area contributed by atoms with Gasteiger partial charge in [0.2, 0.25) is 5.91 Å². The van der Waals surface area contributed by atoms with Crippen LogP contribution >= 0.6 is 0 Å². The molecular weight excluding hydrogens is 539 g/mol. The molecule has 41 heavy (non-hydrogen) atoms. The number of aliphatic imine (C=N–C) groups is 1. The van der Waals surface area contributed by atoms with E-state index in [0.29, 0.717) is 24.2 Å². The summed E-state index contributed by atoms with van der Waals surface area (Å²) >= 11 is 0. The minimum Gasteiger partial charge on any atom is -0.406 e. The molecule has 218 valence electrons. The molecular formula is C32H33F5N2O2. The zero-order chi connectivity index (χ0) is 29.6. The number of unbranched alkanes of at least 4 members (excludes halogenated alkanes) is 2. The molecule has 0 N–H and O–H groups in total. The van der Waals surface area contributed by atoms with Crippen LogP contribution in [0, 0.1) is 17.6 Å². The van der Waals surface area contributed by atoms with Crippen LogP contribution in [-0.4, -0.2) is 36.0 Å². The Balaban J connectivity index is 1.65. The summed E-state index contributed by atoms with van der Waals surface area (Å²) in [6.07, 6.45) is -1.10. The van der Waals surface area contributed by atoms with Gasteiger partial charge in [-0.25, -0.2) is 8.78 Å². The Morgan fingerprint density at radius 3 is 1.93 bits per heavy atom. The van der Waals surface area contributed by atoms with Crippen LogP contribution in [0.15, 0.2) is 71.7 Å². The molecule has 2 unspecified atom stereocenters. The van der Waals surface area contributed by atoms with Gasteiger partial charge in [0.05, 0.1) is 17.5 Å². The first kappa shape index (κ1) is 30.2. The van der Waals surface area contributed by atoms with E-state index in [0.717, 1.165) is 31.2 Å². The lowest BCUT2D eigenvalue weighted by molar-refractivity contribution is -0.274. The summed E-state index contributed by atoms with van der Waals surface area (Å²) < 4.78 is 70.9. The van der Waals surface area contributed by atoms with Gasteiger partial charge in [-0.15, -0.1) is 13.2 Å². The van der Waals surface area contributed by atoms with Gasteiger partial charge in [-0.05, 0) is 53.8 Å². The smallest absolute Gasteiger partial charge is 0.406 e. The maximum atomic E-state index is 14.7. The molecule has 0 saturated carbocycles. The van der Waals surface area contributed by atoms with Gasteiger partial charge in [0.1, 0.15) is 17.4 Å². The van der Waals surface area contributed by atoms with Gasteiger partial charge in [-0.3, -0.25) is 9.79 Å². The van der Waals surface area contributed by atoms with Crippen LogP contribution in [0.3, 0.4) is 0 Å². The van der Waals surface area contributed by atoms with Crippen LogP contribution in [0.2, 0.25) is 0 Å². The van der Waals surface area contributed by atoms with E-state index < -0.39 is 30.0 Å². The summed E-state index contributed by atoms with van der Waals surface area (Å²) in [7, 11) is 0. The second kappa shape index (κ2) is 13.3. The van der Waals surface area contributed by atoms with Crippen LogP contribution in [0.1, 0.15) is 63.1 Å². The molecule has 1 amide bonds. The Bertz CT molecular complexity index is 1330. The molecule has 0 radical (unpaired) electrons. The van der Waals surface area contributed by atoms with Gasteiger partial charge in [0.15, 0.2) is 0 Å². The third kappa shape index (κ3) is 7.51. The molecule has 3 aromatic carbocycles. The number of ether oxygens (including phenoxy) is 1. The van der Waals surface area contributed by atoms with E-state index >= 15 is 0 Å². The molecule has 0 aromatic heterocycles. The minimum atomic E-state index is -4.77. The number of hydrogen-bond donors (Lipinski definition) is 0. The third-order valence-corrected chi connectivity index (χ3v) is 7.21. The van der Waals surface area contributed by atoms with Crippen molar-refractivity contribution in [2.45, 2.75) is 58.4 Å². The van der Waals surface area contributed by atoms with Crippen molar-refractivity contribution in [1.29, 1.82) is 0 Å². The lowest BCUT2D eigenvalue weighted by atomic mass is 9.89. The number of carbonyl (C=O) groups excluding carboxylic acids is 1. The third-order valence-electron chi connectivity index (χ3n) is 7.21. The summed E-state index contributed by atoms with van der Waals surface area (Å²) in [4.78, 5) is 20.4. The van der Waals surface area contributed by atoms with Crippen LogP contribution in [0.25, 0.3) is 11.1 Å². The van der Waals surface area contributed by atoms with E-state index in [2.05, 4.69) is 18.6 Å². The van der Waals surface area contributed by atoms with Crippen molar-refractivity contribution in [2.24, 2.45) is 10.9 Å². The standard InChI is InChI=1S/C32H33F5N2O2/c1-3-5-18-39(19-6-4-2)31(40)25-20-28(29-26(33)8-7-9-27(29)34)38-30(25)23-12-10-21(11-13-23)22-14-16-24(17-15-22)41-32(35,36)37/h7-17,25,30H,3-6,18-20H2,1-2H3. The predicted molar refractivity (Wildman–Crippen MR) is 149 cm³/mol. The highest BCUT2D eigenvalue weighted by Gasteiger charge is 2.39. The highest BCUT2D eigenvalue weighted by Crippen LogP contribution is 2.39. The number of halogens is 5. The number of nitrogens with zero attached hydrogens (tertiary/aromatic N) is 2. The molecule has 1 aliphatic heterocycles. The largest absolute Gasteiger partial charge is 0.573 e. The first-order valence-corrected chi connectivity index (χ1v) is 13.9. The van der Waals surface area contributed by atoms with Crippen molar-refractivity contribution in [3.8, 4) is 16.9 Å². The Morgan fingerprint density at radius 1 is 0.878 bits per heavy atom. The van der Waals surface area contributed by atoms with E-state index in [-0.39, 0.29) is 29.4 Å². The van der Waals surface area contributed by atoms with Gasteiger partial charge in [0.25, 0.3) is 0 Å². The normalized spacial score (nSPS) is 16.9. The van der Waals surface area contributed by atoms with Crippen LogP contribution < -0.4 is 4.74 Å². The molecule has 0 spiro atoms. The molecule has 0 saturated heterocycles. The molecule has 4 nitrogen and oxygen atoms in total. The Labute approximate surface area is 236 Å². The fourth-order valence-electron chi connectivity index (χ4n) is 5.09. The molecule has 9 heteroatoms. The van der Waals surface area contributed by atoms with Crippen LogP contribution in [-0.2, 0) is 4.79 Å². The van der Waals surface area contributed by atoms with Crippen molar-refractivity contribution in [2.75, 3.05) is 13.1 Å². The van der Waals surface area contributed by atoms with Gasteiger partial charge in [0, 0.05) is 25.2 Å². The Morgan fingerprint density at radius 2 is 1.41 bits per heavy atom. The first-order valence-electron chi connectivity index (χ1n) is 13.9. The second-order valence-electron chi connectivity index (χ2n) is 10.2. The number of benzene rings is 3. The molecule has 4 rings (SSSR count). The summed E-state index contributed by atoms with van der Waals surface area (Å²) in [5.74, 6) is -2.47. The SMILES string of the molecule is CCCCN(CCCC)C(=O)C1CC(c2c(F)cccc2F)=NC1c1ccc(-c2ccc(OC(F)(F)F)cc2)cc1. The topological polar surface area (TPSA) is 41.9 Å². The predicted octanol–water partition coefficient (Wildman–Crippen LogP) is 8.51. The van der Waals surface area contributed by atoms with E-state index in [9.17, 15) is 26.7 Å². The average Bonchev–Trinajstić information content (AvgIpc) is 3.37. The summed E-state index contributed by atoms with van der Waals surface area (Å²) in [5, 5.41) is 0. The highest BCUT2D eigenvalue weighted by atomic mass is 19.4. The van der Waals surface area contributed by atoms with E-state index in [1.807, 2.05) is 4.90 Å². The number of rotatable bonds is 11. The summed E-state index contributed by atoms with van der Waals surface area (Å²) in [5.41, 5.74) is 2.14. The second-order valence-corrected chi connectivity index (χ2v) is 10.2. The zero-order valence-electron chi connectivity index (χ0n) is 23.1. The number of hydrogen-bond acceptors (Lipinski definition) is 3. The van der Waals surface area contributed by atoms with Crippen LogP contribution in [0.5, 0.6) is 5.75 Å². The molecule has 2 atom stereocenters. The molecule has 0 aliphatic carbocycles. The van der Waals surface area contributed by atoms with Crippen molar-refractivity contribution in [3.05, 3.63) is 89.5 Å². The minimum absolute atomic E-state index is 0.0864. The molecule has 3 aromatic rings. The number of alkyl halides is 3. The number of amides is 1. The van der Waals surface area contributed by atoms with Gasteiger partial charge in [-0.2, -0.15) is 0 Å². The van der Waals surface area contributed by atoms with Crippen LogP contribution in [0.4, 0.5) is 22.0 Å². The molecule has 1 aliphatic rings. The lowest BCUT2D eigenvalue weighted by Gasteiger charge is -2.28.